The third kappa shape index (κ3) is 5.33. The Bertz CT molecular complexity index is 705. The molecule has 1 unspecified atom stereocenters. The standard InChI is InChI=1S/C20H22N2O3/c1-2-3-4-19(22(24)15-23)14-25-20-11-9-18(10-12-20)17-7-5-16(13-21)6-8-17/h5-12,15,19,24H,2-4,14H2,1H3. The van der Waals surface area contributed by atoms with Crippen molar-refractivity contribution in [2.75, 3.05) is 6.61 Å². The van der Waals surface area contributed by atoms with Gasteiger partial charge < -0.3 is 4.74 Å². The lowest BCUT2D eigenvalue weighted by Gasteiger charge is -2.22. The first-order valence-electron chi connectivity index (χ1n) is 8.33. The number of carbonyl (C=O) groups excluding carboxylic acids is 1. The summed E-state index contributed by atoms with van der Waals surface area (Å²) >= 11 is 0. The highest BCUT2D eigenvalue weighted by Crippen LogP contribution is 2.23. The zero-order valence-electron chi connectivity index (χ0n) is 14.3. The van der Waals surface area contributed by atoms with Gasteiger partial charge in [-0.3, -0.25) is 10.0 Å². The minimum absolute atomic E-state index is 0.242. The number of hydrogen-bond donors (Lipinski definition) is 1. The van der Waals surface area contributed by atoms with E-state index in [2.05, 4.69) is 13.0 Å². The van der Waals surface area contributed by atoms with Gasteiger partial charge in [0.1, 0.15) is 12.4 Å². The molecule has 0 radical (unpaired) electrons. The average molecular weight is 338 g/mol. The Labute approximate surface area is 148 Å². The fourth-order valence-corrected chi connectivity index (χ4v) is 2.49. The van der Waals surface area contributed by atoms with Crippen LogP contribution in [0.1, 0.15) is 31.7 Å². The van der Waals surface area contributed by atoms with E-state index in [-0.39, 0.29) is 12.6 Å². The maximum Gasteiger partial charge on any atom is 0.233 e. The number of nitrogens with zero attached hydrogens (tertiary/aromatic N) is 2. The molecule has 2 aromatic carbocycles. The maximum absolute atomic E-state index is 10.8. The zero-order valence-corrected chi connectivity index (χ0v) is 14.3. The van der Waals surface area contributed by atoms with Gasteiger partial charge in [-0.1, -0.05) is 44.0 Å². The van der Waals surface area contributed by atoms with Gasteiger partial charge in [0.25, 0.3) is 0 Å². The van der Waals surface area contributed by atoms with Crippen molar-refractivity contribution in [1.29, 1.82) is 5.26 Å². The number of hydrogen-bond acceptors (Lipinski definition) is 4. The lowest BCUT2D eigenvalue weighted by atomic mass is 10.0. The summed E-state index contributed by atoms with van der Waals surface area (Å²) in [5.74, 6) is 0.679. The number of ether oxygens (including phenoxy) is 1. The van der Waals surface area contributed by atoms with Gasteiger partial charge in [0.15, 0.2) is 0 Å². The van der Waals surface area contributed by atoms with Gasteiger partial charge in [0, 0.05) is 0 Å². The summed E-state index contributed by atoms with van der Waals surface area (Å²) in [6.07, 6.45) is 3.01. The Hall–Kier alpha value is -2.84. The molecular formula is C20H22N2O3. The second kappa shape index (κ2) is 9.45. The predicted molar refractivity (Wildman–Crippen MR) is 95.1 cm³/mol. The Morgan fingerprint density at radius 1 is 1.16 bits per heavy atom. The minimum Gasteiger partial charge on any atom is -0.491 e. The van der Waals surface area contributed by atoms with Crippen LogP contribution in [0.4, 0.5) is 0 Å². The van der Waals surface area contributed by atoms with Crippen molar-refractivity contribution in [3.8, 4) is 22.9 Å². The molecule has 1 amide bonds. The summed E-state index contributed by atoms with van der Waals surface area (Å²) in [4.78, 5) is 10.8. The molecule has 5 nitrogen and oxygen atoms in total. The van der Waals surface area contributed by atoms with Gasteiger partial charge in [-0.25, -0.2) is 5.06 Å². The van der Waals surface area contributed by atoms with Crippen molar-refractivity contribution >= 4 is 6.41 Å². The van der Waals surface area contributed by atoms with Crippen LogP contribution in [0.3, 0.4) is 0 Å². The SMILES string of the molecule is CCCCC(COc1ccc(-c2ccc(C#N)cc2)cc1)N(O)C=O. The number of rotatable bonds is 9. The molecule has 0 fully saturated rings. The van der Waals surface area contributed by atoms with E-state index in [1.54, 1.807) is 12.1 Å². The number of benzene rings is 2. The second-order valence-electron chi connectivity index (χ2n) is 5.81. The molecule has 0 heterocycles. The third-order valence-electron chi connectivity index (χ3n) is 4.02. The van der Waals surface area contributed by atoms with Crippen LogP contribution in [-0.2, 0) is 4.79 Å². The largest absolute Gasteiger partial charge is 0.491 e. The van der Waals surface area contributed by atoms with E-state index in [0.29, 0.717) is 29.2 Å². The maximum atomic E-state index is 10.8. The monoisotopic (exact) mass is 338 g/mol. The van der Waals surface area contributed by atoms with E-state index in [0.717, 1.165) is 24.0 Å². The molecule has 0 aromatic heterocycles. The van der Waals surface area contributed by atoms with Crippen LogP contribution >= 0.6 is 0 Å². The smallest absolute Gasteiger partial charge is 0.233 e. The van der Waals surface area contributed by atoms with Gasteiger partial charge >= 0.3 is 0 Å². The predicted octanol–water partition coefficient (Wildman–Crippen LogP) is 4.01. The lowest BCUT2D eigenvalue weighted by Crippen LogP contribution is -2.36. The van der Waals surface area contributed by atoms with Crippen LogP contribution < -0.4 is 4.74 Å². The van der Waals surface area contributed by atoms with Crippen molar-refractivity contribution in [1.82, 2.24) is 5.06 Å². The molecule has 0 aliphatic carbocycles. The summed E-state index contributed by atoms with van der Waals surface area (Å²) in [5.41, 5.74) is 2.68. The van der Waals surface area contributed by atoms with E-state index in [4.69, 9.17) is 10.00 Å². The molecule has 1 atom stereocenters. The van der Waals surface area contributed by atoms with Crippen molar-refractivity contribution in [3.05, 3.63) is 54.1 Å². The van der Waals surface area contributed by atoms with Gasteiger partial charge in [-0.05, 0) is 41.8 Å². The number of nitriles is 1. The van der Waals surface area contributed by atoms with E-state index in [1.807, 2.05) is 36.4 Å². The molecule has 0 saturated heterocycles. The molecule has 2 rings (SSSR count). The summed E-state index contributed by atoms with van der Waals surface area (Å²) in [5, 5.41) is 19.1. The third-order valence-corrected chi connectivity index (χ3v) is 4.02. The van der Waals surface area contributed by atoms with Crippen molar-refractivity contribution < 1.29 is 14.7 Å². The number of amides is 1. The van der Waals surface area contributed by atoms with Crippen LogP contribution in [0.2, 0.25) is 0 Å². The summed E-state index contributed by atoms with van der Waals surface area (Å²) in [6.45, 7) is 2.30. The highest BCUT2D eigenvalue weighted by Gasteiger charge is 2.15. The molecule has 0 spiro atoms. The summed E-state index contributed by atoms with van der Waals surface area (Å²) in [6, 6.07) is 16.7. The normalized spacial score (nSPS) is 11.4. The Balaban J connectivity index is 1.99. The minimum atomic E-state index is -0.351. The molecule has 0 bridgehead atoms. The van der Waals surface area contributed by atoms with Crippen LogP contribution in [-0.4, -0.2) is 29.3 Å². The average Bonchev–Trinajstić information content (AvgIpc) is 2.68. The quantitative estimate of drug-likeness (QED) is 0.426. The highest BCUT2D eigenvalue weighted by molar-refractivity contribution is 5.64. The Kier molecular flexibility index (Phi) is 7.00. The fraction of sp³-hybridized carbons (Fsp3) is 0.300. The van der Waals surface area contributed by atoms with Gasteiger partial charge in [0.2, 0.25) is 6.41 Å². The van der Waals surface area contributed by atoms with Crippen molar-refractivity contribution in [2.24, 2.45) is 0 Å². The van der Waals surface area contributed by atoms with Crippen LogP contribution in [0, 0.1) is 11.3 Å². The first kappa shape index (κ1) is 18.5. The van der Waals surface area contributed by atoms with Crippen LogP contribution in [0.25, 0.3) is 11.1 Å². The van der Waals surface area contributed by atoms with Crippen LogP contribution in [0.5, 0.6) is 5.75 Å². The molecule has 5 heteroatoms. The fourth-order valence-electron chi connectivity index (χ4n) is 2.49. The molecule has 25 heavy (non-hydrogen) atoms. The Morgan fingerprint density at radius 3 is 2.28 bits per heavy atom. The van der Waals surface area contributed by atoms with Gasteiger partial charge in [0.05, 0.1) is 17.7 Å². The van der Waals surface area contributed by atoms with E-state index in [1.165, 1.54) is 0 Å². The van der Waals surface area contributed by atoms with E-state index in [9.17, 15) is 10.0 Å². The van der Waals surface area contributed by atoms with E-state index >= 15 is 0 Å². The number of unbranched alkanes of at least 4 members (excludes halogenated alkanes) is 1. The number of carbonyl (C=O) groups is 1. The van der Waals surface area contributed by atoms with Gasteiger partial charge in [-0.15, -0.1) is 0 Å². The first-order valence-corrected chi connectivity index (χ1v) is 8.33. The molecule has 2 aromatic rings. The van der Waals surface area contributed by atoms with Crippen molar-refractivity contribution in [3.63, 3.8) is 0 Å². The Morgan fingerprint density at radius 2 is 1.76 bits per heavy atom. The molecule has 1 N–H and O–H groups in total. The lowest BCUT2D eigenvalue weighted by molar-refractivity contribution is -0.163. The molecular weight excluding hydrogens is 316 g/mol. The molecule has 0 saturated carbocycles. The topological polar surface area (TPSA) is 73.6 Å². The molecule has 0 aliphatic rings. The number of hydroxylamine groups is 2. The van der Waals surface area contributed by atoms with Crippen LogP contribution in [0.15, 0.2) is 48.5 Å². The molecule has 130 valence electrons. The highest BCUT2D eigenvalue weighted by atomic mass is 16.5. The van der Waals surface area contributed by atoms with Crippen molar-refractivity contribution in [2.45, 2.75) is 32.2 Å². The zero-order chi connectivity index (χ0) is 18.1. The first-order chi connectivity index (χ1) is 12.2. The summed E-state index contributed by atoms with van der Waals surface area (Å²) < 4.78 is 5.71. The molecule has 0 aliphatic heterocycles. The summed E-state index contributed by atoms with van der Waals surface area (Å²) in [7, 11) is 0. The second-order valence-corrected chi connectivity index (χ2v) is 5.81. The van der Waals surface area contributed by atoms with Gasteiger partial charge in [-0.2, -0.15) is 5.26 Å². The van der Waals surface area contributed by atoms with E-state index < -0.39 is 0 Å².